The number of hydrogen-bond acceptors (Lipinski definition) is 4. The molecule has 0 amide bonds. The topological polar surface area (TPSA) is 74.8 Å². The van der Waals surface area contributed by atoms with Crippen LogP contribution in [-0.2, 0) is 0 Å². The lowest BCUT2D eigenvalue weighted by molar-refractivity contribution is 0.466. The van der Waals surface area contributed by atoms with Crippen LogP contribution in [0.1, 0.15) is 51.0 Å². The van der Waals surface area contributed by atoms with E-state index in [4.69, 9.17) is 16.6 Å². The molecule has 0 aliphatic carbocycles. The fourth-order valence-electron chi connectivity index (χ4n) is 2.53. The third-order valence-electron chi connectivity index (χ3n) is 3.94. The van der Waals surface area contributed by atoms with Crippen molar-refractivity contribution in [3.05, 3.63) is 40.2 Å². The van der Waals surface area contributed by atoms with Crippen molar-refractivity contribution >= 4 is 34.5 Å². The van der Waals surface area contributed by atoms with Crippen molar-refractivity contribution in [2.45, 2.75) is 45.4 Å². The molecule has 0 spiro atoms. The van der Waals surface area contributed by atoms with E-state index in [0.717, 1.165) is 19.4 Å². The number of thiocarbonyl (C=S) groups is 1. The molecule has 0 atom stereocenters. The molecule has 1 heterocycles. The Kier molecular flexibility index (Phi) is 7.60. The van der Waals surface area contributed by atoms with E-state index < -0.39 is 5.63 Å². The van der Waals surface area contributed by atoms with Crippen molar-refractivity contribution in [2.24, 2.45) is 4.99 Å². The molecule has 0 fully saturated rings. The molecule has 5 nitrogen and oxygen atoms in total. The maximum absolute atomic E-state index is 12.0. The quantitative estimate of drug-likeness (QED) is 0.320. The van der Waals surface area contributed by atoms with Gasteiger partial charge in [-0.05, 0) is 30.8 Å². The fraction of sp³-hybridized carbons (Fsp3) is 0.421. The van der Waals surface area contributed by atoms with Gasteiger partial charge in [0.05, 0.1) is 5.39 Å². The van der Waals surface area contributed by atoms with Crippen molar-refractivity contribution in [1.82, 2.24) is 5.32 Å². The number of rotatable bonds is 8. The summed E-state index contributed by atoms with van der Waals surface area (Å²) < 4.78 is 5.18. The lowest BCUT2D eigenvalue weighted by Crippen LogP contribution is -2.21. The van der Waals surface area contributed by atoms with Crippen LogP contribution in [0.25, 0.3) is 11.0 Å². The zero-order valence-corrected chi connectivity index (χ0v) is 15.3. The second-order valence-electron chi connectivity index (χ2n) is 5.91. The Morgan fingerprint density at radius 2 is 1.96 bits per heavy atom. The molecule has 1 aromatic carbocycles. The van der Waals surface area contributed by atoms with Crippen LogP contribution < -0.4 is 10.9 Å². The van der Waals surface area contributed by atoms with Crippen molar-refractivity contribution < 1.29 is 9.52 Å². The van der Waals surface area contributed by atoms with Gasteiger partial charge in [-0.3, -0.25) is 0 Å². The van der Waals surface area contributed by atoms with E-state index in [2.05, 4.69) is 17.2 Å². The van der Waals surface area contributed by atoms with E-state index in [9.17, 15) is 9.90 Å². The Balaban J connectivity index is 1.90. The Labute approximate surface area is 152 Å². The molecular weight excluding hydrogens is 336 g/mol. The number of para-hydroxylation sites is 1. The van der Waals surface area contributed by atoms with E-state index in [1.54, 1.807) is 24.3 Å². The van der Waals surface area contributed by atoms with E-state index in [0.29, 0.717) is 16.1 Å². The van der Waals surface area contributed by atoms with Crippen LogP contribution in [0.4, 0.5) is 0 Å². The lowest BCUT2D eigenvalue weighted by Gasteiger charge is -2.04. The number of aromatic hydroxyl groups is 1. The van der Waals surface area contributed by atoms with Crippen LogP contribution in [-0.4, -0.2) is 23.0 Å². The lowest BCUT2D eigenvalue weighted by atomic mass is 10.1. The third kappa shape index (κ3) is 5.67. The second-order valence-corrected chi connectivity index (χ2v) is 6.29. The summed E-state index contributed by atoms with van der Waals surface area (Å²) in [4.78, 5) is 16.0. The van der Waals surface area contributed by atoms with Gasteiger partial charge in [0.2, 0.25) is 0 Å². The first-order valence-corrected chi connectivity index (χ1v) is 9.11. The summed E-state index contributed by atoms with van der Waals surface area (Å²) in [5.41, 5.74) is -0.299. The van der Waals surface area contributed by atoms with Gasteiger partial charge >= 0.3 is 5.63 Å². The molecule has 0 unspecified atom stereocenters. The normalized spacial score (nSPS) is 11.2. The van der Waals surface area contributed by atoms with Crippen molar-refractivity contribution in [1.29, 1.82) is 0 Å². The summed E-state index contributed by atoms with van der Waals surface area (Å²) in [6.45, 7) is 2.95. The number of aliphatic imine (C=N–C) groups is 1. The zero-order valence-electron chi connectivity index (χ0n) is 14.5. The highest BCUT2D eigenvalue weighted by molar-refractivity contribution is 7.80. The number of nitrogens with one attached hydrogen (secondary N) is 1. The minimum absolute atomic E-state index is 0.00224. The average Bonchev–Trinajstić information content (AvgIpc) is 2.60. The SMILES string of the molecule is CCCCCCCCNC(=S)N=Cc1c(O)c2ccccc2oc1=O. The van der Waals surface area contributed by atoms with Gasteiger partial charge in [-0.15, -0.1) is 0 Å². The number of benzene rings is 1. The molecule has 1 aromatic heterocycles. The van der Waals surface area contributed by atoms with Gasteiger partial charge in [0.25, 0.3) is 0 Å². The molecule has 0 aliphatic rings. The molecule has 0 bridgehead atoms. The molecule has 25 heavy (non-hydrogen) atoms. The Morgan fingerprint density at radius 3 is 2.76 bits per heavy atom. The molecule has 0 saturated carbocycles. The van der Waals surface area contributed by atoms with Crippen LogP contribution in [0, 0.1) is 0 Å². The Morgan fingerprint density at radius 1 is 1.24 bits per heavy atom. The van der Waals surface area contributed by atoms with Crippen LogP contribution in [0.5, 0.6) is 5.75 Å². The standard InChI is InChI=1S/C19H24N2O3S/c1-2-3-4-5-6-9-12-20-19(25)21-13-15-17(22)14-10-7-8-11-16(14)24-18(15)23/h7-8,10-11,13,22H,2-6,9,12H2,1H3,(H,20,25). The number of fused-ring (bicyclic) bond motifs is 1. The minimum atomic E-state index is -0.640. The Bertz CT molecular complexity index is 799. The van der Waals surface area contributed by atoms with Crippen LogP contribution in [0.2, 0.25) is 0 Å². The van der Waals surface area contributed by atoms with E-state index in [1.807, 2.05) is 0 Å². The maximum Gasteiger partial charge on any atom is 0.348 e. The highest BCUT2D eigenvalue weighted by atomic mass is 32.1. The van der Waals surface area contributed by atoms with E-state index in [-0.39, 0.29) is 11.3 Å². The van der Waals surface area contributed by atoms with Crippen molar-refractivity contribution in [2.75, 3.05) is 6.54 Å². The molecule has 0 radical (unpaired) electrons. The highest BCUT2D eigenvalue weighted by Gasteiger charge is 2.11. The van der Waals surface area contributed by atoms with Crippen molar-refractivity contribution in [3.63, 3.8) is 0 Å². The number of unbranched alkanes of at least 4 members (excludes halogenated alkanes) is 5. The molecule has 134 valence electrons. The summed E-state index contributed by atoms with van der Waals surface area (Å²) >= 11 is 5.13. The van der Waals surface area contributed by atoms with E-state index in [1.165, 1.54) is 31.9 Å². The molecule has 2 aromatic rings. The average molecular weight is 360 g/mol. The highest BCUT2D eigenvalue weighted by Crippen LogP contribution is 2.24. The molecule has 0 aliphatic heterocycles. The van der Waals surface area contributed by atoms with Crippen molar-refractivity contribution in [3.8, 4) is 5.75 Å². The van der Waals surface area contributed by atoms with Crippen LogP contribution >= 0.6 is 12.2 Å². The zero-order chi connectivity index (χ0) is 18.1. The summed E-state index contributed by atoms with van der Waals surface area (Å²) in [6.07, 6.45) is 8.48. The van der Waals surface area contributed by atoms with Gasteiger partial charge < -0.3 is 14.8 Å². The Hall–Kier alpha value is -2.21. The summed E-state index contributed by atoms with van der Waals surface area (Å²) in [5, 5.41) is 14.0. The summed E-state index contributed by atoms with van der Waals surface area (Å²) in [7, 11) is 0. The number of nitrogens with zero attached hydrogens (tertiary/aromatic N) is 1. The minimum Gasteiger partial charge on any atom is -0.506 e. The predicted molar refractivity (Wildman–Crippen MR) is 106 cm³/mol. The molecule has 2 rings (SSSR count). The second kappa shape index (κ2) is 9.93. The summed E-state index contributed by atoms with van der Waals surface area (Å²) in [6, 6.07) is 6.81. The van der Waals surface area contributed by atoms with Gasteiger partial charge in [-0.1, -0.05) is 51.2 Å². The van der Waals surface area contributed by atoms with E-state index >= 15 is 0 Å². The van der Waals surface area contributed by atoms with Gasteiger partial charge in [0, 0.05) is 12.8 Å². The largest absolute Gasteiger partial charge is 0.506 e. The monoisotopic (exact) mass is 360 g/mol. The first-order chi connectivity index (χ1) is 12.1. The predicted octanol–water partition coefficient (Wildman–Crippen LogP) is 4.15. The van der Waals surface area contributed by atoms with Crippen LogP contribution in [0.15, 0.2) is 38.5 Å². The fourth-order valence-corrected chi connectivity index (χ4v) is 2.69. The third-order valence-corrected chi connectivity index (χ3v) is 4.19. The molecule has 0 saturated heterocycles. The van der Waals surface area contributed by atoms with Crippen LogP contribution in [0.3, 0.4) is 0 Å². The molecule has 6 heteroatoms. The first-order valence-electron chi connectivity index (χ1n) is 8.70. The first kappa shape index (κ1) is 19.1. The van der Waals surface area contributed by atoms with Gasteiger partial charge in [0.1, 0.15) is 16.9 Å². The smallest absolute Gasteiger partial charge is 0.348 e. The van der Waals surface area contributed by atoms with Gasteiger partial charge in [-0.2, -0.15) is 0 Å². The maximum atomic E-state index is 12.0. The number of hydrogen-bond donors (Lipinski definition) is 2. The summed E-state index contributed by atoms with van der Waals surface area (Å²) in [5.74, 6) is -0.144. The molecule has 2 N–H and O–H groups in total. The molecular formula is C19H24N2O3S. The van der Waals surface area contributed by atoms with Gasteiger partial charge in [-0.25, -0.2) is 9.79 Å². The van der Waals surface area contributed by atoms with Gasteiger partial charge in [0.15, 0.2) is 5.11 Å².